The largest absolute Gasteiger partial charge is 0.466 e. The van der Waals surface area contributed by atoms with E-state index in [9.17, 15) is 14.4 Å². The van der Waals surface area contributed by atoms with Gasteiger partial charge in [0, 0.05) is 40.5 Å². The maximum absolute atomic E-state index is 14.4. The van der Waals surface area contributed by atoms with Gasteiger partial charge in [0.1, 0.15) is 0 Å². The zero-order valence-corrected chi connectivity index (χ0v) is 21.0. The summed E-state index contributed by atoms with van der Waals surface area (Å²) in [5.74, 6) is -2.97. The van der Waals surface area contributed by atoms with E-state index in [0.717, 1.165) is 26.9 Å². The van der Waals surface area contributed by atoms with Crippen LogP contribution in [-0.2, 0) is 19.7 Å². The van der Waals surface area contributed by atoms with Crippen LogP contribution in [0.3, 0.4) is 0 Å². The number of ketones is 1. The molecule has 6 rings (SSSR count). The lowest BCUT2D eigenvalue weighted by atomic mass is 9.63. The van der Waals surface area contributed by atoms with Gasteiger partial charge in [-0.05, 0) is 41.8 Å². The highest BCUT2D eigenvalue weighted by atomic mass is 79.9. The molecule has 3 aromatic carbocycles. The van der Waals surface area contributed by atoms with E-state index in [0.29, 0.717) is 5.56 Å². The summed E-state index contributed by atoms with van der Waals surface area (Å²) in [5, 5.41) is 0. The van der Waals surface area contributed by atoms with Gasteiger partial charge in [-0.1, -0.05) is 70.5 Å². The van der Waals surface area contributed by atoms with E-state index < -0.39 is 35.1 Å². The smallest absolute Gasteiger partial charge is 0.311 e. The molecule has 35 heavy (non-hydrogen) atoms. The van der Waals surface area contributed by atoms with Gasteiger partial charge < -0.3 is 9.64 Å². The summed E-state index contributed by atoms with van der Waals surface area (Å²) in [4.78, 5) is 44.0. The topological polar surface area (TPSA) is 63.7 Å². The van der Waals surface area contributed by atoms with Crippen LogP contribution in [-0.4, -0.2) is 31.3 Å². The molecule has 1 saturated carbocycles. The maximum atomic E-state index is 14.4. The van der Waals surface area contributed by atoms with Crippen molar-refractivity contribution < 1.29 is 19.1 Å². The Morgan fingerprint density at radius 1 is 1.00 bits per heavy atom. The fourth-order valence-electron chi connectivity index (χ4n) is 6.99. The van der Waals surface area contributed by atoms with E-state index >= 15 is 0 Å². The second-order valence-electron chi connectivity index (χ2n) is 9.52. The Bertz CT molecular complexity index is 1390. The molecule has 6 heteroatoms. The normalized spacial score (nSPS) is 28.3. The summed E-state index contributed by atoms with van der Waals surface area (Å²) >= 11 is 3.50. The highest BCUT2D eigenvalue weighted by molar-refractivity contribution is 9.10. The Labute approximate surface area is 212 Å². The van der Waals surface area contributed by atoms with Crippen LogP contribution in [0.4, 0.5) is 5.69 Å². The summed E-state index contributed by atoms with van der Waals surface area (Å²) in [7, 11) is 1.75. The first-order valence-electron chi connectivity index (χ1n) is 11.9. The molecule has 1 heterocycles. The lowest BCUT2D eigenvalue weighted by Gasteiger charge is -2.36. The number of carbonyl (C=O) groups is 3. The van der Waals surface area contributed by atoms with Gasteiger partial charge in [-0.15, -0.1) is 0 Å². The summed E-state index contributed by atoms with van der Waals surface area (Å²) in [6.45, 7) is 1.97. The number of anilines is 1. The molecular formula is C29H24BrNO4. The third-order valence-electron chi connectivity index (χ3n) is 8.10. The Hall–Kier alpha value is -3.25. The molecule has 1 spiro atoms. The predicted molar refractivity (Wildman–Crippen MR) is 136 cm³/mol. The number of carbonyl (C=O) groups excluding carboxylic acids is 3. The van der Waals surface area contributed by atoms with Crippen LogP contribution in [0, 0.1) is 11.8 Å². The number of hydrogen-bond donors (Lipinski definition) is 0. The van der Waals surface area contributed by atoms with Gasteiger partial charge in [0.15, 0.2) is 5.78 Å². The zero-order chi connectivity index (χ0) is 24.5. The average molecular weight is 530 g/mol. The molecule has 5 nitrogen and oxygen atoms in total. The number of nitrogens with zero attached hydrogens (tertiary/aromatic N) is 1. The minimum absolute atomic E-state index is 0.0221. The van der Waals surface area contributed by atoms with Gasteiger partial charge in [-0.3, -0.25) is 14.4 Å². The molecule has 3 aliphatic rings. The van der Waals surface area contributed by atoms with E-state index in [1.165, 1.54) is 0 Å². The molecule has 0 N–H and O–H groups in total. The fourth-order valence-corrected chi connectivity index (χ4v) is 7.35. The first-order valence-corrected chi connectivity index (χ1v) is 12.6. The quantitative estimate of drug-likeness (QED) is 0.435. The zero-order valence-electron chi connectivity index (χ0n) is 19.4. The van der Waals surface area contributed by atoms with Gasteiger partial charge in [0.05, 0.1) is 17.9 Å². The molecule has 0 saturated heterocycles. The number of esters is 1. The SMILES string of the molecule is CCOC(=O)C1C2c3ccc(Br)cc3C(=O)C2C(c2ccccc2)C12C(=O)N(C)c1ccccc12. The molecule has 3 aromatic rings. The van der Waals surface area contributed by atoms with Crippen LogP contribution in [0.5, 0.6) is 0 Å². The van der Waals surface area contributed by atoms with Crippen LogP contribution >= 0.6 is 15.9 Å². The number of benzene rings is 3. The van der Waals surface area contributed by atoms with Crippen molar-refractivity contribution in [1.29, 1.82) is 0 Å². The Morgan fingerprint density at radius 3 is 2.46 bits per heavy atom. The molecule has 5 unspecified atom stereocenters. The Morgan fingerprint density at radius 2 is 1.71 bits per heavy atom. The minimum Gasteiger partial charge on any atom is -0.466 e. The summed E-state index contributed by atoms with van der Waals surface area (Å²) < 4.78 is 6.46. The van der Waals surface area contributed by atoms with Crippen LogP contribution in [0.2, 0.25) is 0 Å². The van der Waals surface area contributed by atoms with Crippen molar-refractivity contribution >= 4 is 39.3 Å². The number of fused-ring (bicyclic) bond motifs is 5. The minimum atomic E-state index is -1.24. The van der Waals surface area contributed by atoms with E-state index in [1.54, 1.807) is 18.9 Å². The average Bonchev–Trinajstić information content (AvgIpc) is 3.41. The number of halogens is 1. The van der Waals surface area contributed by atoms with Crippen LogP contribution < -0.4 is 4.90 Å². The van der Waals surface area contributed by atoms with Gasteiger partial charge in [-0.25, -0.2) is 0 Å². The van der Waals surface area contributed by atoms with Crippen molar-refractivity contribution in [2.45, 2.75) is 24.2 Å². The predicted octanol–water partition coefficient (Wildman–Crippen LogP) is 5.24. The Balaban J connectivity index is 1.72. The molecule has 1 aliphatic heterocycles. The van der Waals surface area contributed by atoms with Gasteiger partial charge in [0.25, 0.3) is 0 Å². The van der Waals surface area contributed by atoms with Gasteiger partial charge in [0.2, 0.25) is 5.91 Å². The summed E-state index contributed by atoms with van der Waals surface area (Å²) in [5.41, 5.74) is 2.64. The Kier molecular flexibility index (Phi) is 5.01. The van der Waals surface area contributed by atoms with Crippen LogP contribution in [0.1, 0.15) is 45.8 Å². The third kappa shape index (κ3) is 2.77. The molecular weight excluding hydrogens is 506 g/mol. The molecule has 176 valence electrons. The standard InChI is InChI=1S/C29H24BrNO4/c1-3-35-27(33)25-22-18-14-13-17(30)15-19(18)26(32)23(22)24(16-9-5-4-6-10-16)29(25)20-11-7-8-12-21(20)31(2)28(29)34/h4-15,22-25H,3H2,1-2H3. The molecule has 5 atom stereocenters. The number of ether oxygens (including phenoxy) is 1. The second-order valence-corrected chi connectivity index (χ2v) is 10.4. The van der Waals surface area contributed by atoms with Crippen molar-refractivity contribution in [2.24, 2.45) is 11.8 Å². The van der Waals surface area contributed by atoms with Crippen molar-refractivity contribution in [3.8, 4) is 0 Å². The summed E-state index contributed by atoms with van der Waals surface area (Å²) in [6, 6.07) is 23.0. The molecule has 1 amide bonds. The highest BCUT2D eigenvalue weighted by Gasteiger charge is 2.74. The molecule has 2 aliphatic carbocycles. The van der Waals surface area contributed by atoms with Gasteiger partial charge >= 0.3 is 5.97 Å². The lowest BCUT2D eigenvalue weighted by molar-refractivity contribution is -0.153. The number of likely N-dealkylation sites (N-methyl/N-ethyl adjacent to an activating group) is 1. The first kappa shape index (κ1) is 22.2. The van der Waals surface area contributed by atoms with E-state index in [2.05, 4.69) is 15.9 Å². The van der Waals surface area contributed by atoms with E-state index in [4.69, 9.17) is 4.74 Å². The van der Waals surface area contributed by atoms with Gasteiger partial charge in [-0.2, -0.15) is 0 Å². The molecule has 0 radical (unpaired) electrons. The van der Waals surface area contributed by atoms with Crippen molar-refractivity contribution in [3.63, 3.8) is 0 Å². The number of rotatable bonds is 3. The maximum Gasteiger partial charge on any atom is 0.311 e. The van der Waals surface area contributed by atoms with Crippen LogP contribution in [0.15, 0.2) is 77.3 Å². The molecule has 1 fully saturated rings. The van der Waals surface area contributed by atoms with Crippen molar-refractivity contribution in [2.75, 3.05) is 18.6 Å². The molecule has 0 bridgehead atoms. The first-order chi connectivity index (χ1) is 16.9. The monoisotopic (exact) mass is 529 g/mol. The van der Waals surface area contributed by atoms with Crippen molar-refractivity contribution in [3.05, 3.63) is 99.5 Å². The number of amides is 1. The molecule has 0 aromatic heterocycles. The third-order valence-corrected chi connectivity index (χ3v) is 8.59. The van der Waals surface area contributed by atoms with E-state index in [1.807, 2.05) is 72.8 Å². The number of Topliss-reactive ketones (excluding diaryl/α,β-unsaturated/α-hetero) is 1. The van der Waals surface area contributed by atoms with E-state index in [-0.39, 0.29) is 18.3 Å². The highest BCUT2D eigenvalue weighted by Crippen LogP contribution is 2.69. The number of para-hydroxylation sites is 1. The second kappa shape index (κ2) is 7.89. The van der Waals surface area contributed by atoms with Crippen LogP contribution in [0.25, 0.3) is 0 Å². The van der Waals surface area contributed by atoms with Crippen molar-refractivity contribution in [1.82, 2.24) is 0 Å². The fraction of sp³-hybridized carbons (Fsp3) is 0.276. The number of hydrogen-bond acceptors (Lipinski definition) is 4. The lowest BCUT2D eigenvalue weighted by Crippen LogP contribution is -2.49. The summed E-state index contributed by atoms with van der Waals surface area (Å²) in [6.07, 6.45) is 0.